The number of hydrogen-bond donors (Lipinski definition) is 2. The van der Waals surface area contributed by atoms with Crippen LogP contribution in [0.15, 0.2) is 30.3 Å². The van der Waals surface area contributed by atoms with Gasteiger partial charge in [-0.1, -0.05) is 30.3 Å². The molecule has 0 unspecified atom stereocenters. The second kappa shape index (κ2) is 7.08. The number of benzene rings is 1. The highest BCUT2D eigenvalue weighted by molar-refractivity contribution is 5.20. The van der Waals surface area contributed by atoms with Gasteiger partial charge in [-0.25, -0.2) is 4.98 Å². The number of nitrogens with zero attached hydrogens (tertiary/aromatic N) is 2. The van der Waals surface area contributed by atoms with Crippen LogP contribution in [0.2, 0.25) is 0 Å². The summed E-state index contributed by atoms with van der Waals surface area (Å²) in [5, 5.41) is 10.5. The van der Waals surface area contributed by atoms with Gasteiger partial charge in [-0.15, -0.1) is 0 Å². The zero-order chi connectivity index (χ0) is 16.4. The van der Waals surface area contributed by atoms with E-state index < -0.39 is 0 Å². The number of hydrogen-bond acceptors (Lipinski definition) is 3. The van der Waals surface area contributed by atoms with E-state index in [9.17, 15) is 5.11 Å². The molecule has 4 rings (SSSR count). The summed E-state index contributed by atoms with van der Waals surface area (Å²) in [6.45, 7) is 1.78. The lowest BCUT2D eigenvalue weighted by Gasteiger charge is -2.25. The average molecular weight is 325 g/mol. The summed E-state index contributed by atoms with van der Waals surface area (Å²) in [4.78, 5) is 10.9. The Morgan fingerprint density at radius 2 is 2.00 bits per heavy atom. The van der Waals surface area contributed by atoms with Crippen LogP contribution >= 0.6 is 0 Å². The lowest BCUT2D eigenvalue weighted by atomic mass is 10.0. The minimum Gasteiger partial charge on any atom is -0.391 e. The average Bonchev–Trinajstić information content (AvgIpc) is 3.21. The molecule has 128 valence electrons. The first-order valence-corrected chi connectivity index (χ1v) is 9.33. The Labute approximate surface area is 143 Å². The van der Waals surface area contributed by atoms with Crippen molar-refractivity contribution in [3.63, 3.8) is 0 Å². The molecule has 1 aliphatic carbocycles. The monoisotopic (exact) mass is 325 g/mol. The van der Waals surface area contributed by atoms with E-state index >= 15 is 0 Å². The van der Waals surface area contributed by atoms with Crippen molar-refractivity contribution in [2.75, 3.05) is 13.1 Å². The minimum atomic E-state index is -0.322. The van der Waals surface area contributed by atoms with Crippen molar-refractivity contribution in [1.29, 1.82) is 0 Å². The second-order valence-electron chi connectivity index (χ2n) is 7.25. The van der Waals surface area contributed by atoms with Gasteiger partial charge in [0.05, 0.1) is 17.8 Å². The number of rotatable bonds is 5. The first kappa shape index (κ1) is 15.9. The maximum Gasteiger partial charge on any atom is 0.124 e. The molecule has 4 heteroatoms. The fourth-order valence-corrected chi connectivity index (χ4v) is 4.21. The van der Waals surface area contributed by atoms with Crippen molar-refractivity contribution in [1.82, 2.24) is 14.9 Å². The van der Waals surface area contributed by atoms with Gasteiger partial charge < -0.3 is 10.1 Å². The number of aromatic amines is 1. The smallest absolute Gasteiger partial charge is 0.124 e. The van der Waals surface area contributed by atoms with Crippen LogP contribution in [0.4, 0.5) is 0 Å². The van der Waals surface area contributed by atoms with Crippen LogP contribution in [0.1, 0.15) is 54.5 Å². The molecule has 2 atom stereocenters. The summed E-state index contributed by atoms with van der Waals surface area (Å²) >= 11 is 0. The standard InChI is InChI=1S/C20H27N3O/c24-16(13-15-7-2-1-3-8-15)14-23-12-6-11-19(23)20-21-17-9-4-5-10-18(17)22-20/h1-3,7-8,16,19,24H,4-6,9-14H2,(H,21,22)/t16-,19+/m1/s1. The molecule has 2 aliphatic rings. The topological polar surface area (TPSA) is 52.1 Å². The van der Waals surface area contributed by atoms with Gasteiger partial charge in [-0.2, -0.15) is 0 Å². The highest BCUT2D eigenvalue weighted by atomic mass is 16.3. The normalized spacial score (nSPS) is 22.5. The van der Waals surface area contributed by atoms with E-state index in [0.29, 0.717) is 6.04 Å². The number of aryl methyl sites for hydroxylation is 2. The molecule has 0 radical (unpaired) electrons. The van der Waals surface area contributed by atoms with E-state index in [-0.39, 0.29) is 6.10 Å². The van der Waals surface area contributed by atoms with Crippen molar-refractivity contribution in [2.45, 2.75) is 57.1 Å². The Morgan fingerprint density at radius 3 is 2.83 bits per heavy atom. The molecule has 0 amide bonds. The highest BCUT2D eigenvalue weighted by Crippen LogP contribution is 2.32. The lowest BCUT2D eigenvalue weighted by Crippen LogP contribution is -2.33. The Morgan fingerprint density at radius 1 is 1.17 bits per heavy atom. The number of aliphatic hydroxyl groups is 1. The largest absolute Gasteiger partial charge is 0.391 e. The van der Waals surface area contributed by atoms with Crippen LogP contribution in [-0.2, 0) is 19.3 Å². The van der Waals surface area contributed by atoms with E-state index in [4.69, 9.17) is 4.98 Å². The molecule has 0 bridgehead atoms. The zero-order valence-corrected chi connectivity index (χ0v) is 14.2. The molecular weight excluding hydrogens is 298 g/mol. The van der Waals surface area contributed by atoms with E-state index in [2.05, 4.69) is 22.0 Å². The molecule has 4 nitrogen and oxygen atoms in total. The highest BCUT2D eigenvalue weighted by Gasteiger charge is 2.30. The summed E-state index contributed by atoms with van der Waals surface area (Å²) in [5.41, 5.74) is 3.84. The molecular formula is C20H27N3O. The Bertz CT molecular complexity index is 643. The number of imidazole rings is 1. The van der Waals surface area contributed by atoms with Crippen LogP contribution in [0.25, 0.3) is 0 Å². The maximum atomic E-state index is 10.5. The molecule has 1 aliphatic heterocycles. The molecule has 2 aromatic rings. The third-order valence-corrected chi connectivity index (χ3v) is 5.41. The van der Waals surface area contributed by atoms with Crippen molar-refractivity contribution in [2.24, 2.45) is 0 Å². The van der Waals surface area contributed by atoms with Crippen LogP contribution in [0.5, 0.6) is 0 Å². The number of aliphatic hydroxyl groups excluding tert-OH is 1. The van der Waals surface area contributed by atoms with Gasteiger partial charge in [-0.3, -0.25) is 4.90 Å². The number of H-pyrrole nitrogens is 1. The third kappa shape index (κ3) is 3.40. The predicted octanol–water partition coefficient (Wildman–Crippen LogP) is 3.03. The van der Waals surface area contributed by atoms with Gasteiger partial charge in [-0.05, 0) is 57.1 Å². The van der Waals surface area contributed by atoms with E-state index in [1.165, 1.54) is 36.2 Å². The van der Waals surface area contributed by atoms with Crippen molar-refractivity contribution in [3.05, 3.63) is 53.1 Å². The van der Waals surface area contributed by atoms with E-state index in [1.807, 2.05) is 18.2 Å². The summed E-state index contributed by atoms with van der Waals surface area (Å²) in [6.07, 6.45) is 7.54. The molecule has 2 heterocycles. The Kier molecular flexibility index (Phi) is 4.67. The first-order valence-electron chi connectivity index (χ1n) is 9.33. The molecule has 2 N–H and O–H groups in total. The fraction of sp³-hybridized carbons (Fsp3) is 0.550. The van der Waals surface area contributed by atoms with Crippen molar-refractivity contribution < 1.29 is 5.11 Å². The van der Waals surface area contributed by atoms with Gasteiger partial charge in [0.15, 0.2) is 0 Å². The van der Waals surface area contributed by atoms with Gasteiger partial charge in [0.1, 0.15) is 5.82 Å². The summed E-state index contributed by atoms with van der Waals surface area (Å²) in [5.74, 6) is 1.13. The molecule has 1 aromatic heterocycles. The van der Waals surface area contributed by atoms with E-state index in [0.717, 1.165) is 44.6 Å². The molecule has 1 fully saturated rings. The molecule has 0 saturated carbocycles. The lowest BCUT2D eigenvalue weighted by molar-refractivity contribution is 0.104. The molecule has 1 saturated heterocycles. The number of fused-ring (bicyclic) bond motifs is 1. The molecule has 0 spiro atoms. The number of likely N-dealkylation sites (tertiary alicyclic amines) is 1. The Balaban J connectivity index is 1.42. The third-order valence-electron chi connectivity index (χ3n) is 5.41. The second-order valence-corrected chi connectivity index (χ2v) is 7.25. The van der Waals surface area contributed by atoms with Crippen molar-refractivity contribution >= 4 is 0 Å². The van der Waals surface area contributed by atoms with Crippen LogP contribution in [0.3, 0.4) is 0 Å². The van der Waals surface area contributed by atoms with Crippen LogP contribution in [-0.4, -0.2) is 39.2 Å². The van der Waals surface area contributed by atoms with Gasteiger partial charge >= 0.3 is 0 Å². The summed E-state index contributed by atoms with van der Waals surface area (Å²) in [7, 11) is 0. The summed E-state index contributed by atoms with van der Waals surface area (Å²) < 4.78 is 0. The van der Waals surface area contributed by atoms with Gasteiger partial charge in [0.2, 0.25) is 0 Å². The fourth-order valence-electron chi connectivity index (χ4n) is 4.21. The number of β-amino-alcohol motifs (C(OH)–C–C–N with tert-alkyl or cyclic N) is 1. The predicted molar refractivity (Wildman–Crippen MR) is 94.9 cm³/mol. The number of nitrogens with one attached hydrogen (secondary N) is 1. The van der Waals surface area contributed by atoms with Crippen molar-refractivity contribution in [3.8, 4) is 0 Å². The molecule has 24 heavy (non-hydrogen) atoms. The minimum absolute atomic E-state index is 0.322. The quantitative estimate of drug-likeness (QED) is 0.888. The first-order chi connectivity index (χ1) is 11.8. The van der Waals surface area contributed by atoms with Gasteiger partial charge in [0.25, 0.3) is 0 Å². The zero-order valence-electron chi connectivity index (χ0n) is 14.2. The van der Waals surface area contributed by atoms with Crippen LogP contribution in [0, 0.1) is 0 Å². The van der Waals surface area contributed by atoms with Crippen LogP contribution < -0.4 is 0 Å². The molecule has 1 aromatic carbocycles. The maximum absolute atomic E-state index is 10.5. The number of aromatic nitrogens is 2. The summed E-state index contributed by atoms with van der Waals surface area (Å²) in [6, 6.07) is 10.6. The van der Waals surface area contributed by atoms with E-state index in [1.54, 1.807) is 0 Å². The van der Waals surface area contributed by atoms with Gasteiger partial charge in [0, 0.05) is 12.2 Å². The SMILES string of the molecule is O[C@H](Cc1ccccc1)CN1CCC[C@H]1c1nc2c([nH]1)CCCC2. The Hall–Kier alpha value is -1.65.